The summed E-state index contributed by atoms with van der Waals surface area (Å²) in [5.41, 5.74) is 0. The van der Waals surface area contributed by atoms with Crippen LogP contribution in [0.4, 0.5) is 0 Å². The van der Waals surface area contributed by atoms with Gasteiger partial charge in [-0.1, -0.05) is 0 Å². The Morgan fingerprint density at radius 3 is 1.71 bits per heavy atom. The summed E-state index contributed by atoms with van der Waals surface area (Å²) in [5, 5.41) is 16.7. The lowest BCUT2D eigenvalue weighted by atomic mass is 10.7. The molecule has 0 atom stereocenters. The number of carbonyl (C=O) groups excluding carboxylic acids is 1. The molecule has 17 heavy (non-hydrogen) atoms. The third-order valence-corrected chi connectivity index (χ3v) is 1.60. The zero-order valence-corrected chi connectivity index (χ0v) is 9.80. The van der Waals surface area contributed by atoms with E-state index in [1.165, 1.54) is 0 Å². The van der Waals surface area contributed by atoms with Gasteiger partial charge >= 0.3 is 5.97 Å². The lowest BCUT2D eigenvalue weighted by Gasteiger charge is -2.06. The minimum atomic E-state index is -0.661. The summed E-state index contributed by atoms with van der Waals surface area (Å²) in [4.78, 5) is 10.5. The quantitative estimate of drug-likeness (QED) is 0.324. The predicted molar refractivity (Wildman–Crippen MR) is 57.6 cm³/mol. The SMILES string of the molecule is O=C(CO)OCCOCCOCCOCCO. The van der Waals surface area contributed by atoms with Crippen molar-refractivity contribution in [2.75, 3.05) is 59.5 Å². The predicted octanol–water partition coefficient (Wildman–Crippen LogP) is -1.44. The first-order valence-corrected chi connectivity index (χ1v) is 5.41. The van der Waals surface area contributed by atoms with E-state index in [1.807, 2.05) is 0 Å². The van der Waals surface area contributed by atoms with Crippen molar-refractivity contribution in [1.29, 1.82) is 0 Å². The van der Waals surface area contributed by atoms with Crippen molar-refractivity contribution in [2.24, 2.45) is 0 Å². The van der Waals surface area contributed by atoms with Crippen molar-refractivity contribution in [3.63, 3.8) is 0 Å². The zero-order chi connectivity index (χ0) is 12.8. The Kier molecular flexibility index (Phi) is 12.8. The molecule has 0 aromatic heterocycles. The number of rotatable bonds is 12. The smallest absolute Gasteiger partial charge is 0.331 e. The molecule has 0 aliphatic carbocycles. The number of hydrogen-bond donors (Lipinski definition) is 2. The molecular formula is C10H20O7. The van der Waals surface area contributed by atoms with Crippen LogP contribution < -0.4 is 0 Å². The first kappa shape index (κ1) is 16.3. The maximum absolute atomic E-state index is 10.5. The molecule has 0 aliphatic rings. The zero-order valence-electron chi connectivity index (χ0n) is 9.80. The molecular weight excluding hydrogens is 232 g/mol. The number of esters is 1. The van der Waals surface area contributed by atoms with Crippen LogP contribution in [0.25, 0.3) is 0 Å². The van der Waals surface area contributed by atoms with Gasteiger partial charge in [0.1, 0.15) is 13.2 Å². The largest absolute Gasteiger partial charge is 0.462 e. The average Bonchev–Trinajstić information content (AvgIpc) is 2.35. The first-order valence-electron chi connectivity index (χ1n) is 5.41. The molecule has 102 valence electrons. The van der Waals surface area contributed by atoms with Gasteiger partial charge in [-0.05, 0) is 0 Å². The van der Waals surface area contributed by atoms with Crippen molar-refractivity contribution >= 4 is 5.97 Å². The number of aliphatic hydroxyl groups is 2. The van der Waals surface area contributed by atoms with Crippen LogP contribution >= 0.6 is 0 Å². The Hall–Kier alpha value is -0.730. The lowest BCUT2D eigenvalue weighted by Crippen LogP contribution is -2.15. The van der Waals surface area contributed by atoms with Crippen molar-refractivity contribution in [2.45, 2.75) is 0 Å². The summed E-state index contributed by atoms with van der Waals surface area (Å²) in [6.07, 6.45) is 0. The van der Waals surface area contributed by atoms with Crippen LogP contribution in [-0.4, -0.2) is 75.6 Å². The molecule has 0 saturated heterocycles. The van der Waals surface area contributed by atoms with E-state index in [2.05, 4.69) is 4.74 Å². The summed E-state index contributed by atoms with van der Waals surface area (Å²) >= 11 is 0. The third kappa shape index (κ3) is 13.2. The average molecular weight is 252 g/mol. The molecule has 7 nitrogen and oxygen atoms in total. The van der Waals surface area contributed by atoms with Crippen LogP contribution in [0.3, 0.4) is 0 Å². The topological polar surface area (TPSA) is 94.5 Å². The van der Waals surface area contributed by atoms with Crippen LogP contribution in [0.2, 0.25) is 0 Å². The minimum absolute atomic E-state index is 0.00959. The van der Waals surface area contributed by atoms with Gasteiger partial charge < -0.3 is 29.2 Å². The lowest BCUT2D eigenvalue weighted by molar-refractivity contribution is -0.148. The Morgan fingerprint density at radius 1 is 0.765 bits per heavy atom. The Balaban J connectivity index is 2.96. The van der Waals surface area contributed by atoms with Crippen LogP contribution in [0.5, 0.6) is 0 Å². The van der Waals surface area contributed by atoms with Crippen molar-refractivity contribution in [3.05, 3.63) is 0 Å². The second-order valence-electron chi connectivity index (χ2n) is 2.94. The summed E-state index contributed by atoms with van der Waals surface area (Å²) in [6, 6.07) is 0. The van der Waals surface area contributed by atoms with Gasteiger partial charge in [-0.3, -0.25) is 0 Å². The number of carbonyl (C=O) groups is 1. The summed E-state index contributed by atoms with van der Waals surface area (Å²) in [7, 11) is 0. The van der Waals surface area contributed by atoms with E-state index >= 15 is 0 Å². The molecule has 0 fully saturated rings. The molecule has 0 spiro atoms. The van der Waals surface area contributed by atoms with E-state index in [9.17, 15) is 4.79 Å². The van der Waals surface area contributed by atoms with Gasteiger partial charge in [0, 0.05) is 0 Å². The van der Waals surface area contributed by atoms with Gasteiger partial charge in [-0.2, -0.15) is 0 Å². The van der Waals surface area contributed by atoms with Gasteiger partial charge in [0.15, 0.2) is 0 Å². The van der Waals surface area contributed by atoms with Gasteiger partial charge in [-0.25, -0.2) is 4.79 Å². The van der Waals surface area contributed by atoms with Crippen molar-refractivity contribution < 1.29 is 34.0 Å². The molecule has 0 unspecified atom stereocenters. The Labute approximate surface area is 100 Å². The molecule has 0 heterocycles. The Bertz CT molecular complexity index is 174. The maximum Gasteiger partial charge on any atom is 0.331 e. The van der Waals surface area contributed by atoms with E-state index in [0.717, 1.165) is 0 Å². The number of ether oxygens (including phenoxy) is 4. The summed E-state index contributed by atoms with van der Waals surface area (Å²) in [5.74, 6) is -0.661. The van der Waals surface area contributed by atoms with E-state index in [1.54, 1.807) is 0 Å². The highest BCUT2D eigenvalue weighted by Crippen LogP contribution is 1.83. The van der Waals surface area contributed by atoms with E-state index in [-0.39, 0.29) is 19.8 Å². The monoisotopic (exact) mass is 252 g/mol. The van der Waals surface area contributed by atoms with Crippen LogP contribution in [0.1, 0.15) is 0 Å². The maximum atomic E-state index is 10.5. The molecule has 0 aromatic rings. The fourth-order valence-electron chi connectivity index (χ4n) is 0.867. The van der Waals surface area contributed by atoms with Crippen molar-refractivity contribution in [1.82, 2.24) is 0 Å². The molecule has 0 radical (unpaired) electrons. The minimum Gasteiger partial charge on any atom is -0.462 e. The normalized spacial score (nSPS) is 10.5. The molecule has 7 heteroatoms. The molecule has 0 rings (SSSR count). The molecule has 0 aliphatic heterocycles. The van der Waals surface area contributed by atoms with Crippen molar-refractivity contribution in [3.8, 4) is 0 Å². The Morgan fingerprint density at radius 2 is 1.24 bits per heavy atom. The second-order valence-corrected chi connectivity index (χ2v) is 2.94. The van der Waals surface area contributed by atoms with Crippen LogP contribution in [-0.2, 0) is 23.7 Å². The molecule has 0 bridgehead atoms. The third-order valence-electron chi connectivity index (χ3n) is 1.60. The highest BCUT2D eigenvalue weighted by molar-refractivity contribution is 5.70. The first-order chi connectivity index (χ1) is 8.31. The van der Waals surface area contributed by atoms with Crippen LogP contribution in [0.15, 0.2) is 0 Å². The van der Waals surface area contributed by atoms with Gasteiger partial charge in [0.25, 0.3) is 0 Å². The number of hydrogen-bond acceptors (Lipinski definition) is 7. The van der Waals surface area contributed by atoms with Gasteiger partial charge in [-0.15, -0.1) is 0 Å². The molecule has 0 amide bonds. The van der Waals surface area contributed by atoms with E-state index < -0.39 is 12.6 Å². The van der Waals surface area contributed by atoms with Crippen LogP contribution in [0, 0.1) is 0 Å². The summed E-state index contributed by atoms with van der Waals surface area (Å²) in [6.45, 7) is 1.82. The van der Waals surface area contributed by atoms with E-state index in [0.29, 0.717) is 33.0 Å². The van der Waals surface area contributed by atoms with E-state index in [4.69, 9.17) is 24.4 Å². The molecule has 0 saturated carbocycles. The second kappa shape index (κ2) is 13.3. The fraction of sp³-hybridized carbons (Fsp3) is 0.900. The number of aliphatic hydroxyl groups excluding tert-OH is 2. The van der Waals surface area contributed by atoms with Gasteiger partial charge in [0.05, 0.1) is 46.2 Å². The summed E-state index contributed by atoms with van der Waals surface area (Å²) < 4.78 is 19.8. The fourth-order valence-corrected chi connectivity index (χ4v) is 0.867. The van der Waals surface area contributed by atoms with Gasteiger partial charge in [0.2, 0.25) is 0 Å². The molecule has 2 N–H and O–H groups in total. The molecule has 0 aromatic carbocycles. The standard InChI is InChI=1S/C10H20O7/c11-1-2-14-3-4-15-5-6-16-7-8-17-10(13)9-12/h11-12H,1-9H2. The highest BCUT2D eigenvalue weighted by Gasteiger charge is 1.98. The highest BCUT2D eigenvalue weighted by atomic mass is 16.6.